The van der Waals surface area contributed by atoms with E-state index in [0.29, 0.717) is 17.3 Å². The Labute approximate surface area is 142 Å². The van der Waals surface area contributed by atoms with E-state index in [2.05, 4.69) is 10.6 Å². The molecule has 2 aliphatic rings. The van der Waals surface area contributed by atoms with E-state index in [4.69, 9.17) is 11.6 Å². The first-order valence-corrected chi connectivity index (χ1v) is 7.75. The maximum Gasteiger partial charge on any atom is 0.325 e. The van der Waals surface area contributed by atoms with Gasteiger partial charge in [0, 0.05) is 23.7 Å². The van der Waals surface area contributed by atoms with Gasteiger partial charge in [-0.2, -0.15) is 0 Å². The average Bonchev–Trinajstić information content (AvgIpc) is 3.05. The second-order valence-electron chi connectivity index (χ2n) is 5.59. The Hall–Kier alpha value is -2.61. The molecule has 0 spiro atoms. The number of benzene rings is 1. The minimum absolute atomic E-state index is 0.0988. The quantitative estimate of drug-likeness (QED) is 0.753. The lowest BCUT2D eigenvalue weighted by atomic mass is 10.2. The molecule has 0 bridgehead atoms. The fraction of sp³-hybridized carbons (Fsp3) is 0.333. The minimum atomic E-state index is -0.583. The summed E-state index contributed by atoms with van der Waals surface area (Å²) in [7, 11) is 0. The van der Waals surface area contributed by atoms with Crippen molar-refractivity contribution in [2.75, 3.05) is 24.5 Å². The third kappa shape index (κ3) is 3.33. The maximum absolute atomic E-state index is 12.1. The standard InChI is InChI=1S/C15H15ClN4O4/c16-9-1-3-11(4-2-9)19-7-10(5-13(19)22)18-12(21)8-20-14(23)6-17-15(20)24/h1-4,10H,5-8H2,(H,17,24)(H,18,21)/t10-/m1/s1. The highest BCUT2D eigenvalue weighted by Crippen LogP contribution is 2.23. The molecule has 2 aliphatic heterocycles. The highest BCUT2D eigenvalue weighted by Gasteiger charge is 2.34. The molecule has 0 aliphatic carbocycles. The Morgan fingerprint density at radius 1 is 1.21 bits per heavy atom. The number of anilines is 1. The number of nitrogens with one attached hydrogen (secondary N) is 2. The molecule has 0 aromatic heterocycles. The second-order valence-corrected chi connectivity index (χ2v) is 6.02. The predicted octanol–water partition coefficient (Wildman–Crippen LogP) is 0.113. The number of hydrogen-bond donors (Lipinski definition) is 2. The van der Waals surface area contributed by atoms with E-state index >= 15 is 0 Å². The van der Waals surface area contributed by atoms with Crippen molar-refractivity contribution in [1.29, 1.82) is 0 Å². The summed E-state index contributed by atoms with van der Waals surface area (Å²) in [5.74, 6) is -1.03. The molecule has 24 heavy (non-hydrogen) atoms. The van der Waals surface area contributed by atoms with Crippen LogP contribution >= 0.6 is 11.6 Å². The van der Waals surface area contributed by atoms with Crippen LogP contribution in [0.2, 0.25) is 5.02 Å². The van der Waals surface area contributed by atoms with Crippen LogP contribution in [-0.2, 0) is 14.4 Å². The smallest absolute Gasteiger partial charge is 0.325 e. The summed E-state index contributed by atoms with van der Waals surface area (Å²) < 4.78 is 0. The topological polar surface area (TPSA) is 98.8 Å². The lowest BCUT2D eigenvalue weighted by molar-refractivity contribution is -0.131. The molecular formula is C15H15ClN4O4. The molecule has 2 saturated heterocycles. The Kier molecular flexibility index (Phi) is 4.39. The van der Waals surface area contributed by atoms with Crippen molar-refractivity contribution >= 4 is 41.0 Å². The normalized spacial score (nSPS) is 20.5. The van der Waals surface area contributed by atoms with E-state index in [1.54, 1.807) is 29.2 Å². The van der Waals surface area contributed by atoms with Gasteiger partial charge in [0.05, 0.1) is 12.6 Å². The van der Waals surface area contributed by atoms with Crippen LogP contribution in [0, 0.1) is 0 Å². The van der Waals surface area contributed by atoms with E-state index in [1.807, 2.05) is 0 Å². The van der Waals surface area contributed by atoms with Gasteiger partial charge in [0.15, 0.2) is 0 Å². The molecule has 1 aromatic carbocycles. The largest absolute Gasteiger partial charge is 0.349 e. The van der Waals surface area contributed by atoms with Gasteiger partial charge in [-0.05, 0) is 24.3 Å². The minimum Gasteiger partial charge on any atom is -0.349 e. The molecule has 5 amide bonds. The van der Waals surface area contributed by atoms with Gasteiger partial charge in [0.1, 0.15) is 6.54 Å². The number of rotatable bonds is 4. The van der Waals surface area contributed by atoms with Gasteiger partial charge in [-0.25, -0.2) is 4.79 Å². The molecular weight excluding hydrogens is 336 g/mol. The molecule has 1 aromatic rings. The van der Waals surface area contributed by atoms with E-state index in [9.17, 15) is 19.2 Å². The third-order valence-corrected chi connectivity index (χ3v) is 4.12. The zero-order chi connectivity index (χ0) is 17.3. The summed E-state index contributed by atoms with van der Waals surface area (Å²) in [5.41, 5.74) is 0.704. The number of hydrogen-bond acceptors (Lipinski definition) is 4. The lowest BCUT2D eigenvalue weighted by Crippen LogP contribution is -2.45. The van der Waals surface area contributed by atoms with Crippen LogP contribution in [0.5, 0.6) is 0 Å². The number of halogens is 1. The number of imide groups is 1. The average molecular weight is 351 g/mol. The Morgan fingerprint density at radius 2 is 1.92 bits per heavy atom. The van der Waals surface area contributed by atoms with Crippen LogP contribution in [0.4, 0.5) is 10.5 Å². The van der Waals surface area contributed by atoms with Gasteiger partial charge < -0.3 is 15.5 Å². The number of nitrogens with zero attached hydrogens (tertiary/aromatic N) is 2. The SMILES string of the molecule is O=C(CN1C(=O)CNC1=O)N[C@@H]1CC(=O)N(c2ccc(Cl)cc2)C1. The zero-order valence-electron chi connectivity index (χ0n) is 12.6. The maximum atomic E-state index is 12.1. The molecule has 0 unspecified atom stereocenters. The summed E-state index contributed by atoms with van der Waals surface area (Å²) in [6.45, 7) is -0.124. The summed E-state index contributed by atoms with van der Waals surface area (Å²) in [6.07, 6.45) is 0.161. The van der Waals surface area contributed by atoms with E-state index in [-0.39, 0.29) is 31.5 Å². The molecule has 2 N–H and O–H groups in total. The molecule has 9 heteroatoms. The zero-order valence-corrected chi connectivity index (χ0v) is 13.4. The first-order valence-electron chi connectivity index (χ1n) is 7.37. The first-order chi connectivity index (χ1) is 11.4. The summed E-state index contributed by atoms with van der Waals surface area (Å²) in [5, 5.41) is 5.60. The third-order valence-electron chi connectivity index (χ3n) is 3.87. The molecule has 2 heterocycles. The molecule has 126 valence electrons. The summed E-state index contributed by atoms with van der Waals surface area (Å²) in [4.78, 5) is 49.4. The molecule has 1 atom stereocenters. The van der Waals surface area contributed by atoms with Crippen LogP contribution in [0.15, 0.2) is 24.3 Å². The molecule has 0 radical (unpaired) electrons. The number of carbonyl (C=O) groups is 4. The van der Waals surface area contributed by atoms with Crippen molar-refractivity contribution in [3.8, 4) is 0 Å². The second kappa shape index (κ2) is 6.48. The van der Waals surface area contributed by atoms with Crippen molar-refractivity contribution in [3.63, 3.8) is 0 Å². The lowest BCUT2D eigenvalue weighted by Gasteiger charge is -2.18. The van der Waals surface area contributed by atoms with E-state index in [0.717, 1.165) is 4.90 Å². The van der Waals surface area contributed by atoms with Gasteiger partial charge in [-0.15, -0.1) is 0 Å². The Morgan fingerprint density at radius 3 is 2.54 bits per heavy atom. The Bertz CT molecular complexity index is 690. The van der Waals surface area contributed by atoms with Crippen LogP contribution < -0.4 is 15.5 Å². The monoisotopic (exact) mass is 350 g/mol. The van der Waals surface area contributed by atoms with Gasteiger partial charge in [0.2, 0.25) is 11.8 Å². The van der Waals surface area contributed by atoms with E-state index < -0.39 is 17.8 Å². The van der Waals surface area contributed by atoms with Crippen LogP contribution in [-0.4, -0.2) is 54.3 Å². The van der Waals surface area contributed by atoms with Crippen LogP contribution in [0.25, 0.3) is 0 Å². The van der Waals surface area contributed by atoms with Crippen LogP contribution in [0.1, 0.15) is 6.42 Å². The number of amides is 5. The molecule has 0 saturated carbocycles. The highest BCUT2D eigenvalue weighted by atomic mass is 35.5. The van der Waals surface area contributed by atoms with Crippen molar-refractivity contribution in [1.82, 2.24) is 15.5 Å². The molecule has 2 fully saturated rings. The fourth-order valence-electron chi connectivity index (χ4n) is 2.71. The first kappa shape index (κ1) is 16.3. The Balaban J connectivity index is 1.58. The van der Waals surface area contributed by atoms with Gasteiger partial charge in [-0.3, -0.25) is 19.3 Å². The van der Waals surface area contributed by atoms with Crippen molar-refractivity contribution in [3.05, 3.63) is 29.3 Å². The predicted molar refractivity (Wildman–Crippen MR) is 85.5 cm³/mol. The van der Waals surface area contributed by atoms with Crippen molar-refractivity contribution in [2.24, 2.45) is 0 Å². The fourth-order valence-corrected chi connectivity index (χ4v) is 2.83. The highest BCUT2D eigenvalue weighted by molar-refractivity contribution is 6.30. The van der Waals surface area contributed by atoms with Crippen molar-refractivity contribution in [2.45, 2.75) is 12.5 Å². The molecule has 3 rings (SSSR count). The van der Waals surface area contributed by atoms with Crippen LogP contribution in [0.3, 0.4) is 0 Å². The van der Waals surface area contributed by atoms with Crippen molar-refractivity contribution < 1.29 is 19.2 Å². The van der Waals surface area contributed by atoms with Gasteiger partial charge >= 0.3 is 6.03 Å². The number of carbonyl (C=O) groups excluding carboxylic acids is 4. The van der Waals surface area contributed by atoms with E-state index in [1.165, 1.54) is 0 Å². The summed E-state index contributed by atoms with van der Waals surface area (Å²) in [6, 6.07) is 5.89. The van der Waals surface area contributed by atoms with Gasteiger partial charge in [-0.1, -0.05) is 11.6 Å². The number of urea groups is 1. The molecule has 8 nitrogen and oxygen atoms in total. The van der Waals surface area contributed by atoms with Gasteiger partial charge in [0.25, 0.3) is 5.91 Å². The summed E-state index contributed by atoms with van der Waals surface area (Å²) >= 11 is 5.83.